The third-order valence-corrected chi connectivity index (χ3v) is 2.71. The van der Waals surface area contributed by atoms with Crippen LogP contribution in [0.2, 0.25) is 0 Å². The molecule has 0 heterocycles. The Morgan fingerprint density at radius 2 is 2.29 bits per heavy atom. The van der Waals surface area contributed by atoms with E-state index in [9.17, 15) is 14.9 Å². The summed E-state index contributed by atoms with van der Waals surface area (Å²) in [5, 5.41) is 13.4. The van der Waals surface area contributed by atoms with Gasteiger partial charge in [-0.05, 0) is 41.1 Å². The molecule has 1 N–H and O–H groups in total. The highest BCUT2D eigenvalue weighted by Crippen LogP contribution is 2.21. The molecular formula is C11H11IN2O3. The van der Waals surface area contributed by atoms with Gasteiger partial charge in [-0.2, -0.15) is 0 Å². The van der Waals surface area contributed by atoms with Crippen molar-refractivity contribution in [3.8, 4) is 0 Å². The Balaban J connectivity index is 2.92. The zero-order valence-corrected chi connectivity index (χ0v) is 11.1. The van der Waals surface area contributed by atoms with Gasteiger partial charge < -0.3 is 5.32 Å². The minimum absolute atomic E-state index is 0.0829. The summed E-state index contributed by atoms with van der Waals surface area (Å²) in [5.74, 6) is -0.435. The molecule has 0 aliphatic heterocycles. The van der Waals surface area contributed by atoms with Crippen molar-refractivity contribution in [2.24, 2.45) is 0 Å². The second kappa shape index (κ2) is 6.33. The normalized spacial score (nSPS) is 9.71. The fraction of sp³-hybridized carbons (Fsp3) is 0.182. The molecule has 1 amide bonds. The number of hydrogen-bond donors (Lipinski definition) is 1. The number of nitro benzene ring substituents is 1. The summed E-state index contributed by atoms with van der Waals surface area (Å²) in [6, 6.07) is 4.50. The fourth-order valence-corrected chi connectivity index (χ4v) is 1.71. The van der Waals surface area contributed by atoms with Crippen molar-refractivity contribution in [1.29, 1.82) is 0 Å². The molecule has 0 saturated heterocycles. The number of carbonyl (C=O) groups excluding carboxylic acids is 1. The van der Waals surface area contributed by atoms with Gasteiger partial charge >= 0.3 is 0 Å². The van der Waals surface area contributed by atoms with E-state index in [0.717, 1.165) is 3.57 Å². The SMILES string of the molecule is C=CCCNC(=O)c1ccc(I)cc1[N+](=O)[O-]. The van der Waals surface area contributed by atoms with E-state index in [0.29, 0.717) is 13.0 Å². The van der Waals surface area contributed by atoms with E-state index in [1.165, 1.54) is 12.1 Å². The Labute approximate surface area is 112 Å². The maximum absolute atomic E-state index is 11.7. The van der Waals surface area contributed by atoms with Gasteiger partial charge in [0.25, 0.3) is 11.6 Å². The first-order valence-electron chi connectivity index (χ1n) is 4.89. The molecule has 0 aliphatic rings. The second-order valence-corrected chi connectivity index (χ2v) is 4.50. The molecule has 0 spiro atoms. The average Bonchev–Trinajstić information content (AvgIpc) is 2.29. The Morgan fingerprint density at radius 1 is 1.59 bits per heavy atom. The van der Waals surface area contributed by atoms with Crippen molar-refractivity contribution in [3.63, 3.8) is 0 Å². The Morgan fingerprint density at radius 3 is 2.88 bits per heavy atom. The number of carbonyl (C=O) groups is 1. The van der Waals surface area contributed by atoms with Crippen molar-refractivity contribution in [1.82, 2.24) is 5.32 Å². The minimum Gasteiger partial charge on any atom is -0.352 e. The molecule has 6 heteroatoms. The van der Waals surface area contributed by atoms with Crippen LogP contribution in [0.25, 0.3) is 0 Å². The molecule has 0 bridgehead atoms. The van der Waals surface area contributed by atoms with Crippen LogP contribution >= 0.6 is 22.6 Å². The summed E-state index contributed by atoms with van der Waals surface area (Å²) in [6.45, 7) is 3.95. The van der Waals surface area contributed by atoms with Crippen LogP contribution in [0.15, 0.2) is 30.9 Å². The van der Waals surface area contributed by atoms with E-state index < -0.39 is 10.8 Å². The zero-order valence-electron chi connectivity index (χ0n) is 8.98. The van der Waals surface area contributed by atoms with Gasteiger partial charge in [0.05, 0.1) is 4.92 Å². The molecule has 0 atom stereocenters. The summed E-state index contributed by atoms with van der Waals surface area (Å²) in [5.41, 5.74) is -0.0903. The molecule has 0 unspecified atom stereocenters. The Hall–Kier alpha value is -1.44. The lowest BCUT2D eigenvalue weighted by molar-refractivity contribution is -0.385. The Kier molecular flexibility index (Phi) is 5.08. The van der Waals surface area contributed by atoms with E-state index in [4.69, 9.17) is 0 Å². The van der Waals surface area contributed by atoms with Crippen LogP contribution in [-0.2, 0) is 0 Å². The van der Waals surface area contributed by atoms with Crippen LogP contribution < -0.4 is 5.32 Å². The third kappa shape index (κ3) is 3.81. The van der Waals surface area contributed by atoms with Crippen LogP contribution in [0, 0.1) is 13.7 Å². The predicted molar refractivity (Wildman–Crippen MR) is 73.0 cm³/mol. The molecule has 17 heavy (non-hydrogen) atoms. The second-order valence-electron chi connectivity index (χ2n) is 3.25. The first kappa shape index (κ1) is 13.6. The molecule has 0 saturated carbocycles. The van der Waals surface area contributed by atoms with Crippen LogP contribution in [0.5, 0.6) is 0 Å². The average molecular weight is 346 g/mol. The van der Waals surface area contributed by atoms with Crippen molar-refractivity contribution in [3.05, 3.63) is 50.1 Å². The van der Waals surface area contributed by atoms with Crippen molar-refractivity contribution in [2.75, 3.05) is 6.54 Å². The van der Waals surface area contributed by atoms with Gasteiger partial charge in [0.15, 0.2) is 0 Å². The van der Waals surface area contributed by atoms with Gasteiger partial charge in [-0.25, -0.2) is 0 Å². The quantitative estimate of drug-likeness (QED) is 0.293. The smallest absolute Gasteiger partial charge is 0.283 e. The summed E-state index contributed by atoms with van der Waals surface area (Å²) < 4.78 is 0.719. The predicted octanol–water partition coefficient (Wildman–Crippen LogP) is 2.51. The molecular weight excluding hydrogens is 335 g/mol. The van der Waals surface area contributed by atoms with Gasteiger partial charge in [-0.1, -0.05) is 6.08 Å². The number of benzene rings is 1. The van der Waals surface area contributed by atoms with Crippen LogP contribution in [0.4, 0.5) is 5.69 Å². The van der Waals surface area contributed by atoms with Crippen molar-refractivity contribution >= 4 is 34.2 Å². The molecule has 0 radical (unpaired) electrons. The van der Waals surface area contributed by atoms with E-state index in [2.05, 4.69) is 11.9 Å². The number of hydrogen-bond acceptors (Lipinski definition) is 3. The number of nitrogens with one attached hydrogen (secondary N) is 1. The lowest BCUT2D eigenvalue weighted by Crippen LogP contribution is -2.24. The summed E-state index contributed by atoms with van der Waals surface area (Å²) in [6.07, 6.45) is 2.30. The lowest BCUT2D eigenvalue weighted by Gasteiger charge is -2.04. The van der Waals surface area contributed by atoms with E-state index in [-0.39, 0.29) is 11.3 Å². The standard InChI is InChI=1S/C11H11IN2O3/c1-2-3-6-13-11(15)9-5-4-8(12)7-10(9)14(16)17/h2,4-5,7H,1,3,6H2,(H,13,15). The third-order valence-electron chi connectivity index (χ3n) is 2.04. The summed E-state index contributed by atoms with van der Waals surface area (Å²) in [4.78, 5) is 22.0. The molecule has 0 fully saturated rings. The summed E-state index contributed by atoms with van der Waals surface area (Å²) >= 11 is 1.96. The molecule has 1 aromatic rings. The lowest BCUT2D eigenvalue weighted by atomic mass is 10.1. The first-order valence-corrected chi connectivity index (χ1v) is 5.97. The number of rotatable bonds is 5. The highest BCUT2D eigenvalue weighted by atomic mass is 127. The maximum atomic E-state index is 11.7. The molecule has 1 rings (SSSR count). The van der Waals surface area contributed by atoms with E-state index in [1.807, 2.05) is 22.6 Å². The topological polar surface area (TPSA) is 72.2 Å². The first-order chi connectivity index (χ1) is 8.06. The largest absolute Gasteiger partial charge is 0.352 e. The highest BCUT2D eigenvalue weighted by Gasteiger charge is 2.19. The maximum Gasteiger partial charge on any atom is 0.283 e. The van der Waals surface area contributed by atoms with Crippen LogP contribution in [0.3, 0.4) is 0 Å². The molecule has 0 aliphatic carbocycles. The molecule has 0 aromatic heterocycles. The van der Waals surface area contributed by atoms with E-state index >= 15 is 0 Å². The van der Waals surface area contributed by atoms with Gasteiger partial charge in [0.2, 0.25) is 0 Å². The van der Waals surface area contributed by atoms with Crippen LogP contribution in [-0.4, -0.2) is 17.4 Å². The van der Waals surface area contributed by atoms with Crippen molar-refractivity contribution < 1.29 is 9.72 Å². The number of nitro groups is 1. The summed E-state index contributed by atoms with van der Waals surface area (Å²) in [7, 11) is 0. The van der Waals surface area contributed by atoms with E-state index in [1.54, 1.807) is 12.1 Å². The number of nitrogens with zero attached hydrogens (tertiary/aromatic N) is 1. The minimum atomic E-state index is -0.551. The van der Waals surface area contributed by atoms with Gasteiger partial charge in [-0.15, -0.1) is 6.58 Å². The van der Waals surface area contributed by atoms with Crippen LogP contribution in [0.1, 0.15) is 16.8 Å². The van der Waals surface area contributed by atoms with Gasteiger partial charge in [0.1, 0.15) is 5.56 Å². The van der Waals surface area contributed by atoms with Gasteiger partial charge in [0, 0.05) is 16.2 Å². The monoisotopic (exact) mass is 346 g/mol. The Bertz CT molecular complexity index is 460. The molecule has 1 aromatic carbocycles. The molecule has 5 nitrogen and oxygen atoms in total. The fourth-order valence-electron chi connectivity index (χ4n) is 1.23. The number of amides is 1. The molecule has 90 valence electrons. The zero-order chi connectivity index (χ0) is 12.8. The number of halogens is 1. The van der Waals surface area contributed by atoms with Crippen molar-refractivity contribution in [2.45, 2.75) is 6.42 Å². The van der Waals surface area contributed by atoms with Gasteiger partial charge in [-0.3, -0.25) is 14.9 Å². The highest BCUT2D eigenvalue weighted by molar-refractivity contribution is 14.1.